The summed E-state index contributed by atoms with van der Waals surface area (Å²) in [6.45, 7) is 2.25. The maximum Gasteiger partial charge on any atom is 0.155 e. The lowest BCUT2D eigenvalue weighted by molar-refractivity contribution is -0.116. The van der Waals surface area contributed by atoms with E-state index in [2.05, 4.69) is 18.8 Å². The summed E-state index contributed by atoms with van der Waals surface area (Å²) in [5.41, 5.74) is 0.792. The summed E-state index contributed by atoms with van der Waals surface area (Å²) in [6, 6.07) is 7.09. The molecule has 0 unspecified atom stereocenters. The Morgan fingerprint density at radius 3 is 2.69 bits per heavy atom. The van der Waals surface area contributed by atoms with Gasteiger partial charge < -0.3 is 10.2 Å². The highest BCUT2D eigenvalue weighted by molar-refractivity contribution is 5.91. The third kappa shape index (κ3) is 2.88. The molecule has 1 aromatic rings. The van der Waals surface area contributed by atoms with Gasteiger partial charge in [0.25, 0.3) is 0 Å². The minimum atomic E-state index is -0.996. The standard InChI is InChI=1S/C26H30O3/c1-25-13-11-21-20-9-7-19(27)16-18(20)6-8-22(21)23(25)12-15-26(25,29)14-10-17-4-2-3-5-24(17)28/h2-5,16,20-23,28-29H,6-9,11-13,15H2,1H3/t20-,21-,22+,23+,25-,26+/m0/s1. The van der Waals surface area contributed by atoms with Crippen LogP contribution in [0.1, 0.15) is 63.9 Å². The number of ketones is 1. The van der Waals surface area contributed by atoms with E-state index in [0.29, 0.717) is 47.9 Å². The number of fused-ring (bicyclic) bond motifs is 5. The maximum atomic E-state index is 11.9. The van der Waals surface area contributed by atoms with Gasteiger partial charge in [0, 0.05) is 11.8 Å². The summed E-state index contributed by atoms with van der Waals surface area (Å²) in [6.07, 6.45) is 9.70. The number of rotatable bonds is 0. The molecule has 1 aromatic carbocycles. The molecule has 3 fully saturated rings. The fourth-order valence-electron chi connectivity index (χ4n) is 7.15. The number of aromatic hydroxyl groups is 1. The largest absolute Gasteiger partial charge is 0.507 e. The predicted octanol–water partition coefficient (Wildman–Crippen LogP) is 4.62. The second kappa shape index (κ2) is 6.74. The Morgan fingerprint density at radius 2 is 1.86 bits per heavy atom. The highest BCUT2D eigenvalue weighted by Crippen LogP contribution is 2.64. The van der Waals surface area contributed by atoms with Crippen LogP contribution in [0.3, 0.4) is 0 Å². The minimum Gasteiger partial charge on any atom is -0.507 e. The molecule has 3 heteroatoms. The molecule has 0 spiro atoms. The average molecular weight is 391 g/mol. The molecule has 4 aliphatic rings. The van der Waals surface area contributed by atoms with Gasteiger partial charge in [0.2, 0.25) is 0 Å². The van der Waals surface area contributed by atoms with Crippen LogP contribution in [0.25, 0.3) is 0 Å². The zero-order valence-corrected chi connectivity index (χ0v) is 17.2. The lowest BCUT2D eigenvalue weighted by Crippen LogP contribution is -2.52. The molecule has 29 heavy (non-hydrogen) atoms. The second-order valence-corrected chi connectivity index (χ2v) is 9.93. The van der Waals surface area contributed by atoms with Gasteiger partial charge in [-0.1, -0.05) is 36.5 Å². The molecule has 0 aliphatic heterocycles. The van der Waals surface area contributed by atoms with Gasteiger partial charge in [0.15, 0.2) is 5.78 Å². The number of carbonyl (C=O) groups is 1. The molecular formula is C26H30O3. The zero-order valence-electron chi connectivity index (χ0n) is 17.2. The van der Waals surface area contributed by atoms with E-state index < -0.39 is 5.60 Å². The van der Waals surface area contributed by atoms with Crippen LogP contribution in [-0.2, 0) is 4.79 Å². The van der Waals surface area contributed by atoms with Crippen LogP contribution < -0.4 is 0 Å². The van der Waals surface area contributed by atoms with Crippen LogP contribution in [0.2, 0.25) is 0 Å². The van der Waals surface area contributed by atoms with Crippen molar-refractivity contribution < 1.29 is 15.0 Å². The monoisotopic (exact) mass is 390 g/mol. The highest BCUT2D eigenvalue weighted by Gasteiger charge is 2.62. The van der Waals surface area contributed by atoms with E-state index in [0.717, 1.165) is 38.5 Å². The Hall–Kier alpha value is -2.05. The van der Waals surface area contributed by atoms with Crippen molar-refractivity contribution in [2.24, 2.45) is 29.1 Å². The maximum absolute atomic E-state index is 11.9. The Labute approximate surface area is 173 Å². The first kappa shape index (κ1) is 18.9. The van der Waals surface area contributed by atoms with E-state index in [1.54, 1.807) is 18.2 Å². The highest BCUT2D eigenvalue weighted by atomic mass is 16.3. The van der Waals surface area contributed by atoms with Gasteiger partial charge in [-0.05, 0) is 86.8 Å². The number of carbonyl (C=O) groups excluding carboxylic acids is 1. The van der Waals surface area contributed by atoms with E-state index in [1.807, 2.05) is 12.1 Å². The van der Waals surface area contributed by atoms with Crippen molar-refractivity contribution >= 4 is 5.78 Å². The van der Waals surface area contributed by atoms with Gasteiger partial charge in [0.1, 0.15) is 11.4 Å². The Morgan fingerprint density at radius 1 is 1.03 bits per heavy atom. The fourth-order valence-corrected chi connectivity index (χ4v) is 7.15. The first-order chi connectivity index (χ1) is 13.9. The average Bonchev–Trinajstić information content (AvgIpc) is 2.98. The molecule has 3 saturated carbocycles. The number of benzene rings is 1. The normalized spacial score (nSPS) is 40.8. The van der Waals surface area contributed by atoms with Gasteiger partial charge >= 0.3 is 0 Å². The summed E-state index contributed by atoms with van der Waals surface area (Å²) >= 11 is 0. The molecule has 0 bridgehead atoms. The van der Waals surface area contributed by atoms with E-state index in [1.165, 1.54) is 5.57 Å². The summed E-state index contributed by atoms with van der Waals surface area (Å²) in [4.78, 5) is 11.9. The summed E-state index contributed by atoms with van der Waals surface area (Å²) in [7, 11) is 0. The van der Waals surface area contributed by atoms with Gasteiger partial charge in [-0.15, -0.1) is 0 Å². The van der Waals surface area contributed by atoms with Gasteiger partial charge in [0.05, 0.1) is 5.56 Å². The van der Waals surface area contributed by atoms with Gasteiger partial charge in [-0.2, -0.15) is 0 Å². The van der Waals surface area contributed by atoms with E-state index >= 15 is 0 Å². The number of phenols is 1. The molecule has 5 rings (SSSR count). The molecule has 4 aliphatic carbocycles. The third-order valence-corrected chi connectivity index (χ3v) is 8.76. The first-order valence-electron chi connectivity index (χ1n) is 11.2. The summed E-state index contributed by atoms with van der Waals surface area (Å²) < 4.78 is 0. The van der Waals surface area contributed by atoms with Crippen LogP contribution in [0.4, 0.5) is 0 Å². The Balaban J connectivity index is 1.43. The molecule has 3 nitrogen and oxygen atoms in total. The molecular weight excluding hydrogens is 360 g/mol. The molecule has 0 saturated heterocycles. The van der Waals surface area contributed by atoms with E-state index in [4.69, 9.17) is 0 Å². The molecule has 0 heterocycles. The second-order valence-electron chi connectivity index (χ2n) is 9.93. The molecule has 6 atom stereocenters. The van der Waals surface area contributed by atoms with Crippen LogP contribution in [0, 0.1) is 40.9 Å². The number of hydrogen-bond donors (Lipinski definition) is 2. The van der Waals surface area contributed by atoms with Gasteiger partial charge in [-0.3, -0.25) is 4.79 Å². The molecule has 0 aromatic heterocycles. The van der Waals surface area contributed by atoms with E-state index in [9.17, 15) is 15.0 Å². The fraction of sp³-hybridized carbons (Fsp3) is 0.577. The van der Waals surface area contributed by atoms with Crippen LogP contribution >= 0.6 is 0 Å². The molecule has 0 amide bonds. The Bertz CT molecular complexity index is 935. The number of hydrogen-bond acceptors (Lipinski definition) is 3. The minimum absolute atomic E-state index is 0.172. The van der Waals surface area contributed by atoms with Crippen molar-refractivity contribution in [2.45, 2.75) is 63.9 Å². The molecule has 2 N–H and O–H groups in total. The van der Waals surface area contributed by atoms with Crippen LogP contribution in [-0.4, -0.2) is 21.6 Å². The summed E-state index contributed by atoms with van der Waals surface area (Å²) in [5.74, 6) is 9.12. The lowest BCUT2D eigenvalue weighted by atomic mass is 9.50. The van der Waals surface area contributed by atoms with Crippen molar-refractivity contribution in [2.75, 3.05) is 0 Å². The van der Waals surface area contributed by atoms with Gasteiger partial charge in [-0.25, -0.2) is 0 Å². The van der Waals surface area contributed by atoms with Crippen molar-refractivity contribution in [1.82, 2.24) is 0 Å². The molecule has 0 radical (unpaired) electrons. The number of allylic oxidation sites excluding steroid dienone is 1. The van der Waals surface area contributed by atoms with Crippen LogP contribution in [0.5, 0.6) is 5.75 Å². The van der Waals surface area contributed by atoms with Crippen molar-refractivity contribution in [1.29, 1.82) is 0 Å². The lowest BCUT2D eigenvalue weighted by Gasteiger charge is -2.54. The van der Waals surface area contributed by atoms with Crippen molar-refractivity contribution in [3.05, 3.63) is 41.5 Å². The number of aliphatic hydroxyl groups is 1. The molecule has 152 valence electrons. The Kier molecular flexibility index (Phi) is 4.40. The third-order valence-electron chi connectivity index (χ3n) is 8.76. The van der Waals surface area contributed by atoms with Crippen molar-refractivity contribution in [3.63, 3.8) is 0 Å². The topological polar surface area (TPSA) is 57.5 Å². The first-order valence-corrected chi connectivity index (χ1v) is 11.2. The SMILES string of the molecule is C[C@]12CC[C@@H]3[C@@H](CCC4=CC(=O)CC[C@@H]43)[C@H]1CC[C@]2(O)C#Cc1ccccc1O. The quantitative estimate of drug-likeness (QED) is 0.636. The van der Waals surface area contributed by atoms with Crippen molar-refractivity contribution in [3.8, 4) is 17.6 Å². The summed E-state index contributed by atoms with van der Waals surface area (Å²) in [5, 5.41) is 21.7. The van der Waals surface area contributed by atoms with E-state index in [-0.39, 0.29) is 11.2 Å². The smallest absolute Gasteiger partial charge is 0.155 e. The van der Waals surface area contributed by atoms with Crippen LogP contribution in [0.15, 0.2) is 35.9 Å². The zero-order chi connectivity index (χ0) is 20.2. The number of phenolic OH excluding ortho intramolecular Hbond substituents is 1. The number of para-hydroxylation sites is 1. The predicted molar refractivity (Wildman–Crippen MR) is 112 cm³/mol.